The van der Waals surface area contributed by atoms with Gasteiger partial charge in [0, 0.05) is 18.9 Å². The molecule has 0 amide bonds. The molecule has 2 rings (SSSR count). The van der Waals surface area contributed by atoms with Crippen molar-refractivity contribution in [2.75, 3.05) is 7.11 Å². The van der Waals surface area contributed by atoms with Gasteiger partial charge in [0.15, 0.2) is 0 Å². The molecule has 1 heterocycles. The van der Waals surface area contributed by atoms with Crippen LogP contribution in [0.2, 0.25) is 0 Å². The van der Waals surface area contributed by atoms with E-state index >= 15 is 0 Å². The first kappa shape index (κ1) is 15.2. The number of nitrogens with one attached hydrogen (secondary N) is 1. The van der Waals surface area contributed by atoms with E-state index in [0.29, 0.717) is 11.8 Å². The zero-order chi connectivity index (χ0) is 14.8. The molecule has 1 aromatic heterocycles. The summed E-state index contributed by atoms with van der Waals surface area (Å²) in [5, 5.41) is 0. The van der Waals surface area contributed by atoms with Gasteiger partial charge in [-0.15, -0.1) is 0 Å². The van der Waals surface area contributed by atoms with Crippen molar-refractivity contribution in [2.45, 2.75) is 58.5 Å². The van der Waals surface area contributed by atoms with Crippen LogP contribution in [0.15, 0.2) is 10.9 Å². The maximum Gasteiger partial charge on any atom is 0.251 e. The van der Waals surface area contributed by atoms with E-state index in [1.807, 2.05) is 0 Å². The summed E-state index contributed by atoms with van der Waals surface area (Å²) < 4.78 is 5.82. The molecule has 1 fully saturated rings. The zero-order valence-corrected chi connectivity index (χ0v) is 13.0. The predicted molar refractivity (Wildman–Crippen MR) is 79.7 cm³/mol. The minimum Gasteiger partial charge on any atom is -0.370 e. The number of nitrogens with zero attached hydrogens (tertiary/aromatic N) is 1. The summed E-state index contributed by atoms with van der Waals surface area (Å²) in [4.78, 5) is 19.5. The van der Waals surface area contributed by atoms with E-state index in [9.17, 15) is 4.79 Å². The Morgan fingerprint density at radius 1 is 1.55 bits per heavy atom. The monoisotopic (exact) mass is 278 g/mol. The maximum absolute atomic E-state index is 11.9. The van der Waals surface area contributed by atoms with E-state index in [1.165, 1.54) is 6.42 Å². The van der Waals surface area contributed by atoms with Crippen molar-refractivity contribution in [3.05, 3.63) is 27.9 Å². The summed E-state index contributed by atoms with van der Waals surface area (Å²) in [5.41, 5.74) is 0.387. The first-order valence-corrected chi connectivity index (χ1v) is 7.61. The Balaban J connectivity index is 2.38. The van der Waals surface area contributed by atoms with Gasteiger partial charge < -0.3 is 9.72 Å². The first-order chi connectivity index (χ1) is 9.45. The third-order valence-electron chi connectivity index (χ3n) is 4.19. The highest BCUT2D eigenvalue weighted by Crippen LogP contribution is 2.40. The number of rotatable bonds is 4. The largest absolute Gasteiger partial charge is 0.370 e. The van der Waals surface area contributed by atoms with Crippen LogP contribution >= 0.6 is 0 Å². The molecule has 0 spiro atoms. The lowest BCUT2D eigenvalue weighted by Gasteiger charge is -2.38. The molecular weight excluding hydrogens is 252 g/mol. The van der Waals surface area contributed by atoms with Crippen molar-refractivity contribution in [1.29, 1.82) is 0 Å². The van der Waals surface area contributed by atoms with Crippen LogP contribution in [0.1, 0.15) is 58.0 Å². The molecule has 2 unspecified atom stereocenters. The van der Waals surface area contributed by atoms with Gasteiger partial charge in [0.2, 0.25) is 0 Å². The Labute approximate surface area is 121 Å². The number of aromatic amines is 1. The summed E-state index contributed by atoms with van der Waals surface area (Å²) in [6.07, 6.45) is 5.03. The molecule has 2 atom stereocenters. The molecule has 0 aliphatic heterocycles. The van der Waals surface area contributed by atoms with Crippen LogP contribution in [0.4, 0.5) is 0 Å². The molecule has 0 bridgehead atoms. The SMILES string of the molecule is COC1(c2nc(CC(C)C)cc(=O)[nH]2)CCCC(C)C1. The molecule has 0 aromatic carbocycles. The standard InChI is InChI=1S/C16H26N2O2/c1-11(2)8-13-9-14(19)18-15(17-13)16(20-4)7-5-6-12(3)10-16/h9,11-12H,5-8,10H2,1-4H3,(H,17,18,19). The molecule has 1 saturated carbocycles. The first-order valence-electron chi connectivity index (χ1n) is 7.61. The number of methoxy groups -OCH3 is 1. The van der Waals surface area contributed by atoms with Gasteiger partial charge >= 0.3 is 0 Å². The Morgan fingerprint density at radius 3 is 2.90 bits per heavy atom. The van der Waals surface area contributed by atoms with Gasteiger partial charge in [0.25, 0.3) is 5.56 Å². The van der Waals surface area contributed by atoms with Crippen LogP contribution in [-0.2, 0) is 16.8 Å². The van der Waals surface area contributed by atoms with E-state index in [1.54, 1.807) is 13.2 Å². The maximum atomic E-state index is 11.9. The van der Waals surface area contributed by atoms with E-state index in [2.05, 4.69) is 25.8 Å². The molecule has 1 N–H and O–H groups in total. The highest BCUT2D eigenvalue weighted by Gasteiger charge is 2.39. The van der Waals surface area contributed by atoms with Gasteiger partial charge in [-0.2, -0.15) is 0 Å². The predicted octanol–water partition coefficient (Wildman–Crippen LogP) is 3.02. The molecule has 4 heteroatoms. The van der Waals surface area contributed by atoms with Crippen molar-refractivity contribution in [1.82, 2.24) is 9.97 Å². The average Bonchev–Trinajstić information content (AvgIpc) is 2.37. The minimum absolute atomic E-state index is 0.0692. The van der Waals surface area contributed by atoms with Crippen molar-refractivity contribution in [3.8, 4) is 0 Å². The van der Waals surface area contributed by atoms with E-state index in [-0.39, 0.29) is 5.56 Å². The van der Waals surface area contributed by atoms with Crippen LogP contribution in [0.5, 0.6) is 0 Å². The molecular formula is C16H26N2O2. The average molecular weight is 278 g/mol. The van der Waals surface area contributed by atoms with Gasteiger partial charge in [-0.1, -0.05) is 27.2 Å². The quantitative estimate of drug-likeness (QED) is 0.921. The van der Waals surface area contributed by atoms with Gasteiger partial charge in [-0.25, -0.2) is 4.98 Å². The lowest BCUT2D eigenvalue weighted by molar-refractivity contribution is -0.0649. The molecule has 4 nitrogen and oxygen atoms in total. The van der Waals surface area contributed by atoms with Crippen molar-refractivity contribution < 1.29 is 4.74 Å². The normalized spacial score (nSPS) is 26.9. The van der Waals surface area contributed by atoms with E-state index in [4.69, 9.17) is 9.72 Å². The summed E-state index contributed by atoms with van der Waals surface area (Å²) >= 11 is 0. The van der Waals surface area contributed by atoms with Gasteiger partial charge in [-0.05, 0) is 37.5 Å². The molecule has 0 radical (unpaired) electrons. The molecule has 1 aliphatic rings. The Kier molecular flexibility index (Phi) is 4.63. The van der Waals surface area contributed by atoms with E-state index in [0.717, 1.165) is 37.2 Å². The second-order valence-electron chi connectivity index (χ2n) is 6.58. The summed E-state index contributed by atoms with van der Waals surface area (Å²) in [7, 11) is 1.73. The van der Waals surface area contributed by atoms with Crippen LogP contribution < -0.4 is 5.56 Å². The summed E-state index contributed by atoms with van der Waals surface area (Å²) in [6.45, 7) is 6.51. The number of hydrogen-bond acceptors (Lipinski definition) is 3. The Hall–Kier alpha value is -1.16. The van der Waals surface area contributed by atoms with Crippen LogP contribution in [0.25, 0.3) is 0 Å². The van der Waals surface area contributed by atoms with E-state index < -0.39 is 5.60 Å². The van der Waals surface area contributed by atoms with Gasteiger partial charge in [-0.3, -0.25) is 4.79 Å². The second kappa shape index (κ2) is 6.08. The second-order valence-corrected chi connectivity index (χ2v) is 6.58. The smallest absolute Gasteiger partial charge is 0.251 e. The van der Waals surface area contributed by atoms with Crippen LogP contribution in [0.3, 0.4) is 0 Å². The highest BCUT2D eigenvalue weighted by molar-refractivity contribution is 5.11. The number of aromatic nitrogens is 2. The van der Waals surface area contributed by atoms with Crippen molar-refractivity contribution >= 4 is 0 Å². The van der Waals surface area contributed by atoms with Crippen LogP contribution in [-0.4, -0.2) is 17.1 Å². The number of H-pyrrole nitrogens is 1. The fourth-order valence-electron chi connectivity index (χ4n) is 3.25. The zero-order valence-electron chi connectivity index (χ0n) is 13.0. The molecule has 0 saturated heterocycles. The topological polar surface area (TPSA) is 55.0 Å². The number of hydrogen-bond donors (Lipinski definition) is 1. The fraction of sp³-hybridized carbons (Fsp3) is 0.750. The lowest BCUT2D eigenvalue weighted by Crippen LogP contribution is -2.37. The summed E-state index contributed by atoms with van der Waals surface area (Å²) in [6, 6.07) is 1.61. The van der Waals surface area contributed by atoms with Crippen LogP contribution in [0, 0.1) is 11.8 Å². The Morgan fingerprint density at radius 2 is 2.30 bits per heavy atom. The lowest BCUT2D eigenvalue weighted by atomic mass is 9.78. The van der Waals surface area contributed by atoms with Gasteiger partial charge in [0.1, 0.15) is 11.4 Å². The molecule has 20 heavy (non-hydrogen) atoms. The van der Waals surface area contributed by atoms with Crippen molar-refractivity contribution in [2.24, 2.45) is 11.8 Å². The molecule has 112 valence electrons. The highest BCUT2D eigenvalue weighted by atomic mass is 16.5. The molecule has 1 aromatic rings. The third-order valence-corrected chi connectivity index (χ3v) is 4.19. The molecule has 1 aliphatic carbocycles. The fourth-order valence-corrected chi connectivity index (χ4v) is 3.25. The van der Waals surface area contributed by atoms with Crippen molar-refractivity contribution in [3.63, 3.8) is 0 Å². The van der Waals surface area contributed by atoms with Gasteiger partial charge in [0.05, 0.1) is 0 Å². The Bertz CT molecular complexity index is 509. The number of ether oxygens (including phenoxy) is 1. The summed E-state index contributed by atoms with van der Waals surface area (Å²) in [5.74, 6) is 1.80. The minimum atomic E-state index is -0.413. The third kappa shape index (κ3) is 3.29.